The van der Waals surface area contributed by atoms with Crippen molar-refractivity contribution in [1.82, 2.24) is 9.88 Å². The molecule has 2 aromatic carbocycles. The third kappa shape index (κ3) is 4.47. The number of amides is 1. The summed E-state index contributed by atoms with van der Waals surface area (Å²) in [6.07, 6.45) is 1.84. The van der Waals surface area contributed by atoms with Crippen LogP contribution in [0.25, 0.3) is 10.9 Å². The zero-order valence-corrected chi connectivity index (χ0v) is 17.6. The molecule has 29 heavy (non-hydrogen) atoms. The van der Waals surface area contributed by atoms with Crippen LogP contribution in [-0.4, -0.2) is 49.0 Å². The predicted octanol–water partition coefficient (Wildman–Crippen LogP) is 4.56. The summed E-state index contributed by atoms with van der Waals surface area (Å²) < 4.78 is 0. The summed E-state index contributed by atoms with van der Waals surface area (Å²) in [5.74, 6) is -0.293. The molecule has 0 radical (unpaired) electrons. The fourth-order valence-electron chi connectivity index (χ4n) is 3.55. The van der Waals surface area contributed by atoms with Gasteiger partial charge in [-0.1, -0.05) is 23.7 Å². The van der Waals surface area contributed by atoms with E-state index in [1.165, 1.54) is 0 Å². The molecule has 1 amide bonds. The second-order valence-electron chi connectivity index (χ2n) is 7.26. The number of aromatic nitrogens is 1. The van der Waals surface area contributed by atoms with E-state index in [4.69, 9.17) is 23.2 Å². The van der Waals surface area contributed by atoms with E-state index in [1.807, 2.05) is 30.5 Å². The van der Waals surface area contributed by atoms with Crippen molar-refractivity contribution in [2.45, 2.75) is 5.38 Å². The van der Waals surface area contributed by atoms with Crippen molar-refractivity contribution in [3.8, 4) is 0 Å². The van der Waals surface area contributed by atoms with E-state index in [9.17, 15) is 4.79 Å². The second-order valence-corrected chi connectivity index (χ2v) is 8.13. The van der Waals surface area contributed by atoms with Gasteiger partial charge in [-0.15, -0.1) is 11.6 Å². The molecule has 1 fully saturated rings. The van der Waals surface area contributed by atoms with E-state index in [0.717, 1.165) is 42.8 Å². The van der Waals surface area contributed by atoms with Gasteiger partial charge in [0.25, 0.3) is 0 Å². The van der Waals surface area contributed by atoms with Crippen LogP contribution < -0.4 is 10.2 Å². The zero-order chi connectivity index (χ0) is 20.4. The lowest BCUT2D eigenvalue weighted by atomic mass is 10.1. The Morgan fingerprint density at radius 1 is 1.10 bits per heavy atom. The molecule has 2 heterocycles. The molecule has 1 saturated heterocycles. The van der Waals surface area contributed by atoms with E-state index < -0.39 is 5.38 Å². The molecule has 1 atom stereocenters. The molecule has 0 aliphatic carbocycles. The number of rotatable bonds is 4. The Morgan fingerprint density at radius 3 is 2.66 bits per heavy atom. The summed E-state index contributed by atoms with van der Waals surface area (Å²) in [5, 5.41) is 3.66. The fraction of sp³-hybridized carbons (Fsp3) is 0.273. The van der Waals surface area contributed by atoms with Crippen molar-refractivity contribution in [1.29, 1.82) is 0 Å². The van der Waals surface area contributed by atoms with E-state index in [-0.39, 0.29) is 5.91 Å². The first-order chi connectivity index (χ1) is 14.0. The van der Waals surface area contributed by atoms with Gasteiger partial charge in [0.2, 0.25) is 5.91 Å². The summed E-state index contributed by atoms with van der Waals surface area (Å²) in [6, 6.07) is 14.8. The van der Waals surface area contributed by atoms with Crippen LogP contribution in [0.5, 0.6) is 0 Å². The van der Waals surface area contributed by atoms with Gasteiger partial charge in [-0.25, -0.2) is 0 Å². The molecule has 1 aliphatic rings. The van der Waals surface area contributed by atoms with Crippen LogP contribution >= 0.6 is 23.2 Å². The van der Waals surface area contributed by atoms with Crippen molar-refractivity contribution in [2.24, 2.45) is 0 Å². The highest BCUT2D eigenvalue weighted by Crippen LogP contribution is 2.30. The summed E-state index contributed by atoms with van der Waals surface area (Å²) in [7, 11) is 2.14. The number of carbonyl (C=O) groups is 1. The fourth-order valence-corrected chi connectivity index (χ4v) is 3.94. The predicted molar refractivity (Wildman–Crippen MR) is 120 cm³/mol. The van der Waals surface area contributed by atoms with Gasteiger partial charge in [-0.2, -0.15) is 0 Å². The number of halogens is 2. The Hall–Kier alpha value is -2.34. The van der Waals surface area contributed by atoms with Gasteiger partial charge in [0.15, 0.2) is 0 Å². The lowest BCUT2D eigenvalue weighted by Gasteiger charge is -2.34. The minimum atomic E-state index is -0.824. The maximum atomic E-state index is 12.7. The summed E-state index contributed by atoms with van der Waals surface area (Å²) in [4.78, 5) is 21.8. The number of carbonyl (C=O) groups excluding carboxylic acids is 1. The second kappa shape index (κ2) is 8.57. The molecule has 1 aromatic heterocycles. The number of nitrogens with one attached hydrogen (secondary N) is 1. The number of piperazine rings is 1. The third-order valence-corrected chi connectivity index (χ3v) is 5.89. The average Bonchev–Trinajstić information content (AvgIpc) is 2.73. The Balaban J connectivity index is 1.58. The molecular weight excluding hydrogens is 407 g/mol. The number of nitrogens with zero attached hydrogens (tertiary/aromatic N) is 3. The van der Waals surface area contributed by atoms with Gasteiger partial charge < -0.3 is 15.1 Å². The molecule has 4 rings (SSSR count). The molecular formula is C22H22Cl2N4O. The monoisotopic (exact) mass is 428 g/mol. The van der Waals surface area contributed by atoms with Crippen LogP contribution in [0.2, 0.25) is 5.02 Å². The van der Waals surface area contributed by atoms with Crippen LogP contribution in [-0.2, 0) is 4.79 Å². The van der Waals surface area contributed by atoms with Crippen LogP contribution in [0.1, 0.15) is 10.9 Å². The highest BCUT2D eigenvalue weighted by atomic mass is 35.5. The molecule has 150 valence electrons. The highest BCUT2D eigenvalue weighted by Gasteiger charge is 2.20. The number of pyridine rings is 1. The minimum Gasteiger partial charge on any atom is -0.368 e. The number of anilines is 2. The summed E-state index contributed by atoms with van der Waals surface area (Å²) in [5.41, 5.74) is 3.39. The van der Waals surface area contributed by atoms with Gasteiger partial charge in [-0.05, 0) is 49.0 Å². The van der Waals surface area contributed by atoms with Gasteiger partial charge in [0.05, 0.1) is 5.52 Å². The van der Waals surface area contributed by atoms with Crippen LogP contribution in [0.4, 0.5) is 11.4 Å². The van der Waals surface area contributed by atoms with Crippen LogP contribution in [0.3, 0.4) is 0 Å². The molecule has 1 N–H and O–H groups in total. The van der Waals surface area contributed by atoms with Crippen molar-refractivity contribution in [3.05, 3.63) is 65.3 Å². The first kappa shape index (κ1) is 20.0. The van der Waals surface area contributed by atoms with Gasteiger partial charge in [-0.3, -0.25) is 9.78 Å². The zero-order valence-electron chi connectivity index (χ0n) is 16.1. The van der Waals surface area contributed by atoms with E-state index in [0.29, 0.717) is 16.3 Å². The lowest BCUT2D eigenvalue weighted by molar-refractivity contribution is -0.116. The molecule has 7 heteroatoms. The number of hydrogen-bond donors (Lipinski definition) is 1. The number of benzene rings is 2. The standard InChI is InChI=1S/C22H22Cl2N4O/c1-27-9-11-28(12-10-27)20-7-8-25-19-6-5-17(14-18(19)20)26-22(29)21(24)15-3-2-4-16(23)13-15/h2-8,13-14,21H,9-12H2,1H3,(H,26,29). The maximum Gasteiger partial charge on any atom is 0.246 e. The average molecular weight is 429 g/mol. The first-order valence-electron chi connectivity index (χ1n) is 9.54. The Bertz CT molecular complexity index is 1030. The number of alkyl halides is 1. The largest absolute Gasteiger partial charge is 0.368 e. The third-order valence-electron chi connectivity index (χ3n) is 5.20. The normalized spacial score (nSPS) is 16.0. The molecule has 0 spiro atoms. The minimum absolute atomic E-state index is 0.293. The molecule has 0 bridgehead atoms. The van der Waals surface area contributed by atoms with Gasteiger partial charge >= 0.3 is 0 Å². The van der Waals surface area contributed by atoms with Crippen molar-refractivity contribution in [2.75, 3.05) is 43.4 Å². The SMILES string of the molecule is CN1CCN(c2ccnc3ccc(NC(=O)C(Cl)c4cccc(Cl)c4)cc23)CC1. The van der Waals surface area contributed by atoms with Gasteiger partial charge in [0.1, 0.15) is 5.38 Å². The first-order valence-corrected chi connectivity index (χ1v) is 10.4. The number of hydrogen-bond acceptors (Lipinski definition) is 4. The maximum absolute atomic E-state index is 12.7. The van der Waals surface area contributed by atoms with E-state index in [1.54, 1.807) is 24.3 Å². The van der Waals surface area contributed by atoms with Gasteiger partial charge in [0, 0.05) is 54.2 Å². The topological polar surface area (TPSA) is 48.5 Å². The Kier molecular flexibility index (Phi) is 5.90. The Labute approximate surface area is 180 Å². The van der Waals surface area contributed by atoms with Crippen LogP contribution in [0, 0.1) is 0 Å². The van der Waals surface area contributed by atoms with Crippen molar-refractivity contribution >= 4 is 51.4 Å². The van der Waals surface area contributed by atoms with Crippen molar-refractivity contribution in [3.63, 3.8) is 0 Å². The van der Waals surface area contributed by atoms with Crippen molar-refractivity contribution < 1.29 is 4.79 Å². The lowest BCUT2D eigenvalue weighted by Crippen LogP contribution is -2.44. The molecule has 1 aliphatic heterocycles. The number of likely N-dealkylation sites (N-methyl/N-ethyl adjacent to an activating group) is 1. The van der Waals surface area contributed by atoms with Crippen LogP contribution in [0.15, 0.2) is 54.7 Å². The highest BCUT2D eigenvalue weighted by molar-refractivity contribution is 6.33. The molecule has 3 aromatic rings. The summed E-state index contributed by atoms with van der Waals surface area (Å²) in [6.45, 7) is 3.97. The quantitative estimate of drug-likeness (QED) is 0.618. The molecule has 5 nitrogen and oxygen atoms in total. The van der Waals surface area contributed by atoms with E-state index >= 15 is 0 Å². The smallest absolute Gasteiger partial charge is 0.246 e. The molecule has 1 unspecified atom stereocenters. The molecule has 0 saturated carbocycles. The number of fused-ring (bicyclic) bond motifs is 1. The van der Waals surface area contributed by atoms with E-state index in [2.05, 4.69) is 27.1 Å². The Morgan fingerprint density at radius 2 is 1.90 bits per heavy atom. The summed E-state index contributed by atoms with van der Waals surface area (Å²) >= 11 is 12.4.